The third-order valence-corrected chi connectivity index (χ3v) is 56.5. The maximum atomic E-state index is 8.35. The molecule has 0 aliphatic carbocycles. The zero-order chi connectivity index (χ0) is 8.80. The summed E-state index contributed by atoms with van der Waals surface area (Å²) in [7, 11) is 0. The van der Waals surface area contributed by atoms with Crippen LogP contribution in [0.15, 0.2) is 0 Å². The molecule has 10 saturated heterocycles. The Balaban J connectivity index is 0.000000151. The molecule has 0 amide bonds. The van der Waals surface area contributed by atoms with E-state index in [2.05, 4.69) is 0 Å². The van der Waals surface area contributed by atoms with Gasteiger partial charge < -0.3 is 0 Å². The molecular weight excluding hydrogens is 218 g/mol. The van der Waals surface area contributed by atoms with Gasteiger partial charge >= 0.3 is 54.7 Å². The summed E-state index contributed by atoms with van der Waals surface area (Å²) in [5.41, 5.74) is 0. The van der Waals surface area contributed by atoms with E-state index in [1.54, 1.807) is 48.2 Å². The van der Waals surface area contributed by atoms with Gasteiger partial charge in [0.1, 0.15) is 0 Å². The van der Waals surface area contributed by atoms with E-state index >= 15 is 0 Å². The van der Waals surface area contributed by atoms with Crippen molar-refractivity contribution in [3.05, 3.63) is 0 Å². The predicted octanol–water partition coefficient (Wildman–Crippen LogP) is 3.28. The molecule has 0 bridgehead atoms. The summed E-state index contributed by atoms with van der Waals surface area (Å²) in [5, 5.41) is 5.40. The van der Waals surface area contributed by atoms with E-state index in [0.717, 1.165) is 6.08 Å². The molecule has 2 nitrogen and oxygen atoms in total. The van der Waals surface area contributed by atoms with Gasteiger partial charge in [-0.1, -0.05) is 0 Å². The molecule has 0 aromatic heterocycles. The maximum absolute atomic E-state index is 8.35. The minimum atomic E-state index is -2.28. The molecule has 10 heterocycles. The van der Waals surface area contributed by atoms with E-state index in [1.807, 2.05) is 0 Å². The second-order valence-corrected chi connectivity index (χ2v) is 33.6. The van der Waals surface area contributed by atoms with E-state index < -0.39 is 6.51 Å². The van der Waals surface area contributed by atoms with E-state index in [-0.39, 0.29) is 0 Å². The van der Waals surface area contributed by atoms with Crippen LogP contribution in [0.1, 0.15) is 0 Å². The normalized spacial score (nSPS) is 135. The van der Waals surface area contributed by atoms with Crippen molar-refractivity contribution < 1.29 is 11.3 Å². The third-order valence-electron chi connectivity index (χ3n) is 14.5. The molecule has 0 aromatic rings. The SMILES string of the molecule is N=C=O.[CH]12[CH]3[CH]4[CH]5[CH]1[Fe]23451678[CH]2[CH]1[CH]6[CH]7[CH]28. The van der Waals surface area contributed by atoms with Gasteiger partial charge in [0.25, 0.3) is 0 Å². The van der Waals surface area contributed by atoms with Gasteiger partial charge in [0, 0.05) is 0 Å². The summed E-state index contributed by atoms with van der Waals surface area (Å²) in [4.78, 5) is 24.3. The first-order chi connectivity index (χ1) is 6.57. The fourth-order valence-corrected chi connectivity index (χ4v) is 88.0. The van der Waals surface area contributed by atoms with Gasteiger partial charge in [0.05, 0.1) is 0 Å². The molecule has 1 N–H and O–H groups in total. The van der Waals surface area contributed by atoms with E-state index in [9.17, 15) is 0 Å². The topological polar surface area (TPSA) is 40.9 Å². The van der Waals surface area contributed by atoms with Gasteiger partial charge in [-0.2, -0.15) is 0 Å². The van der Waals surface area contributed by atoms with Crippen molar-refractivity contribution in [2.75, 3.05) is 0 Å². The van der Waals surface area contributed by atoms with Crippen molar-refractivity contribution in [1.82, 2.24) is 0 Å². The van der Waals surface area contributed by atoms with Crippen molar-refractivity contribution in [3.63, 3.8) is 0 Å². The van der Waals surface area contributed by atoms with Crippen LogP contribution in [0, 0.1) is 5.41 Å². The monoisotopic (exact) mass is 229 g/mol. The van der Waals surface area contributed by atoms with Crippen molar-refractivity contribution >= 4 is 6.08 Å². The Labute approximate surface area is 71.2 Å². The number of rotatable bonds is 0. The zero-order valence-electron chi connectivity index (χ0n) is 7.54. The number of hydrogen-bond acceptors (Lipinski definition) is 2. The van der Waals surface area contributed by atoms with Crippen LogP contribution in [0.3, 0.4) is 0 Å². The molecule has 3 heteroatoms. The molecule has 10 aliphatic heterocycles. The van der Waals surface area contributed by atoms with Gasteiger partial charge in [-0.25, -0.2) is 10.2 Å². The fourth-order valence-electron chi connectivity index (χ4n) is 15.8. The summed E-state index contributed by atoms with van der Waals surface area (Å²) < 4.78 is 0. The average Bonchev–Trinajstić information content (AvgIpc) is 3.15. The van der Waals surface area contributed by atoms with Gasteiger partial charge in [-0.05, 0) is 0 Å². The molecular formula is C11H11FeNO. The fraction of sp³-hybridized carbons (Fsp3) is 0.909. The molecule has 0 saturated carbocycles. The Morgan fingerprint density at radius 1 is 0.714 bits per heavy atom. The number of carbonyl (C=O) groups excluding carboxylic acids is 1. The van der Waals surface area contributed by atoms with Crippen LogP contribution in [0.5, 0.6) is 0 Å². The molecule has 10 rings (SSSR count). The standard InChI is InChI=1S/2C5H5.CHNO.Fe/c2*1-2-4-5-3-1;2-1-3;/h2*1-5H;2H;. The Morgan fingerprint density at radius 2 is 0.857 bits per heavy atom. The first kappa shape index (κ1) is 4.82. The molecule has 10 fully saturated rings. The Morgan fingerprint density at radius 3 is 0.857 bits per heavy atom. The first-order valence-electron chi connectivity index (χ1n) is 5.83. The van der Waals surface area contributed by atoms with E-state index in [0.29, 0.717) is 0 Å². The van der Waals surface area contributed by atoms with Gasteiger partial charge in [-0.15, -0.1) is 0 Å². The van der Waals surface area contributed by atoms with Gasteiger partial charge in [0.2, 0.25) is 6.08 Å². The summed E-state index contributed by atoms with van der Waals surface area (Å²) in [6, 6.07) is 0. The molecule has 74 valence electrons. The predicted molar refractivity (Wildman–Crippen MR) is 45.9 cm³/mol. The van der Waals surface area contributed by atoms with Crippen LogP contribution in [-0.4, -0.2) is 6.08 Å². The first-order valence-corrected chi connectivity index (χ1v) is 12.2. The van der Waals surface area contributed by atoms with Crippen molar-refractivity contribution in [2.45, 2.75) is 48.2 Å². The summed E-state index contributed by atoms with van der Waals surface area (Å²) in [5.74, 6) is 0. The van der Waals surface area contributed by atoms with Gasteiger partial charge in [0.15, 0.2) is 0 Å². The molecule has 10 aliphatic rings. The van der Waals surface area contributed by atoms with Crippen LogP contribution >= 0.6 is 0 Å². The Bertz CT molecular complexity index is 666. The molecule has 14 heavy (non-hydrogen) atoms. The van der Waals surface area contributed by atoms with Crippen LogP contribution in [0.2, 0.25) is 48.2 Å². The molecule has 0 unspecified atom stereocenters. The van der Waals surface area contributed by atoms with Crippen molar-refractivity contribution in [1.29, 1.82) is 5.41 Å². The van der Waals surface area contributed by atoms with E-state index in [1.165, 1.54) is 0 Å². The van der Waals surface area contributed by atoms with Crippen molar-refractivity contribution in [2.24, 2.45) is 0 Å². The van der Waals surface area contributed by atoms with Crippen LogP contribution < -0.4 is 0 Å². The molecule has 0 radical (unpaired) electrons. The third kappa shape index (κ3) is 0.0354. The van der Waals surface area contributed by atoms with Crippen molar-refractivity contribution in [3.8, 4) is 0 Å². The van der Waals surface area contributed by atoms with Crippen LogP contribution in [-0.2, 0) is 11.3 Å². The minimum absolute atomic E-state index is 0.750. The summed E-state index contributed by atoms with van der Waals surface area (Å²) in [6.07, 6.45) is 0.750. The summed E-state index contributed by atoms with van der Waals surface area (Å²) >= 11 is 0. The second kappa shape index (κ2) is 0.317. The zero-order valence-corrected chi connectivity index (χ0v) is 8.64. The number of nitrogens with one attached hydrogen (secondary N) is 1. The molecule has 1 spiro atoms. The second-order valence-electron chi connectivity index (χ2n) is 9.69. The van der Waals surface area contributed by atoms with Crippen LogP contribution in [0.25, 0.3) is 0 Å². The summed E-state index contributed by atoms with van der Waals surface area (Å²) in [6.45, 7) is -2.28. The van der Waals surface area contributed by atoms with E-state index in [4.69, 9.17) is 10.2 Å². The number of isocyanates is 1. The molecule has 0 aromatic carbocycles. The van der Waals surface area contributed by atoms with Gasteiger partial charge in [-0.3, -0.25) is 0 Å². The molecule has 0 atom stereocenters. The quantitative estimate of drug-likeness (QED) is 0.386. The number of fused-ring (bicyclic) bond motifs is 10. The average molecular weight is 229 g/mol. The van der Waals surface area contributed by atoms with Crippen LogP contribution in [0.4, 0.5) is 0 Å². The Kier molecular flexibility index (Phi) is 0.109. The number of hydrogen-bond donors (Lipinski definition) is 1. The Hall–Kier alpha value is -0.101.